The summed E-state index contributed by atoms with van der Waals surface area (Å²) in [5.74, 6) is -0.932. The van der Waals surface area contributed by atoms with Gasteiger partial charge in [-0.25, -0.2) is 4.79 Å². The van der Waals surface area contributed by atoms with E-state index in [1.165, 1.54) is 6.07 Å². The molecule has 1 amide bonds. The van der Waals surface area contributed by atoms with Gasteiger partial charge in [0.25, 0.3) is 0 Å². The second-order valence-corrected chi connectivity index (χ2v) is 6.26. The lowest BCUT2D eigenvalue weighted by molar-refractivity contribution is -0.130. The summed E-state index contributed by atoms with van der Waals surface area (Å²) in [6.45, 7) is 3.23. The number of hydrogen-bond donors (Lipinski definition) is 2. The van der Waals surface area contributed by atoms with Crippen LogP contribution in [0, 0.1) is 6.92 Å². The maximum absolute atomic E-state index is 13.1. The lowest BCUT2D eigenvalue weighted by Crippen LogP contribution is -2.48. The molecule has 0 unspecified atom stereocenters. The first kappa shape index (κ1) is 17.2. The summed E-state index contributed by atoms with van der Waals surface area (Å²) in [5, 5.41) is 11.8. The number of benzene rings is 1. The summed E-state index contributed by atoms with van der Waals surface area (Å²) in [4.78, 5) is 23.9. The van der Waals surface area contributed by atoms with E-state index < -0.39 is 11.4 Å². The molecule has 2 aromatic rings. The van der Waals surface area contributed by atoms with Gasteiger partial charge >= 0.3 is 5.97 Å². The van der Waals surface area contributed by atoms with E-state index in [1.807, 2.05) is 31.2 Å². The average Bonchev–Trinajstić information content (AvgIpc) is 3.10. The summed E-state index contributed by atoms with van der Waals surface area (Å²) < 4.78 is 10.7. The monoisotopic (exact) mass is 343 g/mol. The first-order valence-electron chi connectivity index (χ1n) is 8.27. The molecule has 0 spiro atoms. The fourth-order valence-electron chi connectivity index (χ4n) is 3.37. The highest BCUT2D eigenvalue weighted by molar-refractivity contribution is 5.89. The van der Waals surface area contributed by atoms with Crippen LogP contribution in [0.15, 0.2) is 40.8 Å². The Morgan fingerprint density at radius 3 is 2.52 bits per heavy atom. The van der Waals surface area contributed by atoms with Crippen molar-refractivity contribution in [3.8, 4) is 0 Å². The first-order chi connectivity index (χ1) is 12.0. The average molecular weight is 343 g/mol. The largest absolute Gasteiger partial charge is 0.475 e. The van der Waals surface area contributed by atoms with Crippen LogP contribution in [0.1, 0.15) is 40.3 Å². The number of furan rings is 1. The van der Waals surface area contributed by atoms with Crippen molar-refractivity contribution in [2.24, 2.45) is 0 Å². The topological polar surface area (TPSA) is 88.8 Å². The number of nitrogens with one attached hydrogen (secondary N) is 1. The van der Waals surface area contributed by atoms with Crippen molar-refractivity contribution in [2.45, 2.75) is 31.7 Å². The molecule has 1 aliphatic heterocycles. The summed E-state index contributed by atoms with van der Waals surface area (Å²) in [6, 6.07) is 10.9. The summed E-state index contributed by atoms with van der Waals surface area (Å²) in [5.41, 5.74) is 1.46. The summed E-state index contributed by atoms with van der Waals surface area (Å²) in [7, 11) is 0. The van der Waals surface area contributed by atoms with E-state index in [0.29, 0.717) is 31.8 Å². The standard InChI is InChI=1S/C19H21NO5/c1-13-4-2-3-5-15(13)19(8-10-24-11-9-19)18(23)20-12-14-6-7-16(25-14)17(21)22/h2-7H,8-12H2,1H3,(H,20,23)(H,21,22). The van der Waals surface area contributed by atoms with Crippen LogP contribution in [-0.4, -0.2) is 30.2 Å². The van der Waals surface area contributed by atoms with Crippen molar-refractivity contribution in [1.29, 1.82) is 0 Å². The number of amides is 1. The van der Waals surface area contributed by atoms with E-state index in [9.17, 15) is 9.59 Å². The Balaban J connectivity index is 1.80. The predicted octanol–water partition coefficient (Wildman–Crippen LogP) is 2.65. The SMILES string of the molecule is Cc1ccccc1C1(C(=O)NCc2ccc(C(=O)O)o2)CCOCC1. The van der Waals surface area contributed by atoms with Gasteiger partial charge in [0.2, 0.25) is 11.7 Å². The van der Waals surface area contributed by atoms with Gasteiger partial charge in [0.05, 0.1) is 12.0 Å². The summed E-state index contributed by atoms with van der Waals surface area (Å²) >= 11 is 0. The van der Waals surface area contributed by atoms with Gasteiger partial charge in [0.15, 0.2) is 0 Å². The third-order valence-corrected chi connectivity index (χ3v) is 4.74. The highest BCUT2D eigenvalue weighted by Crippen LogP contribution is 2.37. The van der Waals surface area contributed by atoms with Crippen LogP contribution in [-0.2, 0) is 21.5 Å². The minimum atomic E-state index is -1.13. The van der Waals surface area contributed by atoms with Crippen LogP contribution in [0.25, 0.3) is 0 Å². The minimum absolute atomic E-state index is 0.0848. The highest BCUT2D eigenvalue weighted by atomic mass is 16.5. The van der Waals surface area contributed by atoms with Gasteiger partial charge in [0.1, 0.15) is 5.76 Å². The molecule has 0 saturated carbocycles. The Bertz CT molecular complexity index is 774. The van der Waals surface area contributed by atoms with E-state index >= 15 is 0 Å². The number of carboxylic acid groups (broad SMARTS) is 1. The smallest absolute Gasteiger partial charge is 0.371 e. The van der Waals surface area contributed by atoms with Crippen molar-refractivity contribution in [3.05, 3.63) is 59.0 Å². The van der Waals surface area contributed by atoms with Crippen molar-refractivity contribution in [1.82, 2.24) is 5.32 Å². The van der Waals surface area contributed by atoms with Crippen molar-refractivity contribution in [3.63, 3.8) is 0 Å². The molecule has 0 radical (unpaired) electrons. The molecule has 0 atom stereocenters. The molecule has 25 heavy (non-hydrogen) atoms. The number of carbonyl (C=O) groups is 2. The maximum atomic E-state index is 13.1. The first-order valence-corrected chi connectivity index (χ1v) is 8.27. The molecule has 6 nitrogen and oxygen atoms in total. The molecule has 0 aliphatic carbocycles. The van der Waals surface area contributed by atoms with Crippen LogP contribution >= 0.6 is 0 Å². The van der Waals surface area contributed by atoms with E-state index in [2.05, 4.69) is 5.32 Å². The lowest BCUT2D eigenvalue weighted by Gasteiger charge is -2.37. The van der Waals surface area contributed by atoms with E-state index in [-0.39, 0.29) is 18.2 Å². The minimum Gasteiger partial charge on any atom is -0.475 e. The fraction of sp³-hybridized carbons (Fsp3) is 0.368. The molecule has 1 aromatic carbocycles. The Morgan fingerprint density at radius 1 is 1.16 bits per heavy atom. The second kappa shape index (κ2) is 7.11. The second-order valence-electron chi connectivity index (χ2n) is 6.26. The number of ether oxygens (including phenoxy) is 1. The Hall–Kier alpha value is -2.60. The Labute approximate surface area is 145 Å². The molecule has 1 fully saturated rings. The molecule has 0 bridgehead atoms. The normalized spacial score (nSPS) is 16.4. The molecule has 2 heterocycles. The zero-order valence-electron chi connectivity index (χ0n) is 14.1. The van der Waals surface area contributed by atoms with Gasteiger partial charge in [-0.1, -0.05) is 24.3 Å². The third-order valence-electron chi connectivity index (χ3n) is 4.74. The highest BCUT2D eigenvalue weighted by Gasteiger charge is 2.42. The zero-order chi connectivity index (χ0) is 17.9. The van der Waals surface area contributed by atoms with Gasteiger partial charge in [-0.2, -0.15) is 0 Å². The predicted molar refractivity (Wildman–Crippen MR) is 90.4 cm³/mol. The number of carboxylic acids is 1. The number of aryl methyl sites for hydroxylation is 1. The van der Waals surface area contributed by atoms with Crippen molar-refractivity contribution in [2.75, 3.05) is 13.2 Å². The molecule has 3 rings (SSSR count). The van der Waals surface area contributed by atoms with Crippen LogP contribution in [0.5, 0.6) is 0 Å². The molecular formula is C19H21NO5. The van der Waals surface area contributed by atoms with Crippen LogP contribution in [0.2, 0.25) is 0 Å². The number of hydrogen-bond acceptors (Lipinski definition) is 4. The Morgan fingerprint density at radius 2 is 1.88 bits per heavy atom. The number of aromatic carboxylic acids is 1. The van der Waals surface area contributed by atoms with E-state index in [1.54, 1.807) is 6.07 Å². The third kappa shape index (κ3) is 3.44. The molecule has 1 aromatic heterocycles. The van der Waals surface area contributed by atoms with Gasteiger partial charge in [-0.3, -0.25) is 4.79 Å². The molecule has 1 saturated heterocycles. The van der Waals surface area contributed by atoms with Crippen molar-refractivity contribution < 1.29 is 23.8 Å². The molecule has 132 valence electrons. The lowest BCUT2D eigenvalue weighted by atomic mass is 9.72. The molecule has 1 aliphatic rings. The number of rotatable bonds is 5. The van der Waals surface area contributed by atoms with Gasteiger partial charge in [0, 0.05) is 13.2 Å². The van der Waals surface area contributed by atoms with Gasteiger partial charge in [-0.15, -0.1) is 0 Å². The molecule has 6 heteroatoms. The summed E-state index contributed by atoms with van der Waals surface area (Å²) in [6.07, 6.45) is 1.23. The quantitative estimate of drug-likeness (QED) is 0.871. The van der Waals surface area contributed by atoms with Gasteiger partial charge in [-0.05, 0) is 43.0 Å². The van der Waals surface area contributed by atoms with Crippen molar-refractivity contribution >= 4 is 11.9 Å². The van der Waals surface area contributed by atoms with Crippen LogP contribution in [0.4, 0.5) is 0 Å². The Kier molecular flexibility index (Phi) is 4.90. The number of carbonyl (C=O) groups excluding carboxylic acids is 1. The van der Waals surface area contributed by atoms with E-state index in [4.69, 9.17) is 14.3 Å². The van der Waals surface area contributed by atoms with E-state index in [0.717, 1.165) is 11.1 Å². The van der Waals surface area contributed by atoms with Gasteiger partial charge < -0.3 is 19.6 Å². The molecule has 2 N–H and O–H groups in total. The fourth-order valence-corrected chi connectivity index (χ4v) is 3.37. The van der Waals surface area contributed by atoms with Crippen LogP contribution < -0.4 is 5.32 Å². The molecular weight excluding hydrogens is 322 g/mol. The van der Waals surface area contributed by atoms with Crippen LogP contribution in [0.3, 0.4) is 0 Å². The zero-order valence-corrected chi connectivity index (χ0v) is 14.1. The maximum Gasteiger partial charge on any atom is 0.371 e.